The number of ether oxygens (including phenoxy) is 3. The molecule has 2 fully saturated rings. The molecular formula is C33H48O6Si. The maximum absolute atomic E-state index is 11.9. The topological polar surface area (TPSA) is 74.2 Å². The Bertz CT molecular complexity index is 1070. The van der Waals surface area contributed by atoms with Gasteiger partial charge in [-0.15, -0.1) is 0 Å². The molecule has 6 nitrogen and oxygen atoms in total. The maximum Gasteiger partial charge on any atom is 0.261 e. The van der Waals surface area contributed by atoms with Crippen molar-refractivity contribution in [1.82, 2.24) is 0 Å². The first-order valence-corrected chi connectivity index (χ1v) is 16.6. The second-order valence-electron chi connectivity index (χ2n) is 13.1. The fraction of sp³-hybridized carbons (Fsp3) is 0.606. The Balaban J connectivity index is 1.86. The average molecular weight is 569 g/mol. The molecule has 7 heteroatoms. The summed E-state index contributed by atoms with van der Waals surface area (Å²) in [6.45, 7) is 14.9. The minimum absolute atomic E-state index is 0.0718. The van der Waals surface area contributed by atoms with E-state index in [1.54, 1.807) is 7.11 Å². The van der Waals surface area contributed by atoms with E-state index in [1.165, 1.54) is 10.4 Å². The molecule has 0 aliphatic carbocycles. The van der Waals surface area contributed by atoms with Crippen LogP contribution in [0.3, 0.4) is 0 Å². The van der Waals surface area contributed by atoms with Gasteiger partial charge < -0.3 is 28.5 Å². The van der Waals surface area contributed by atoms with Gasteiger partial charge in [0.2, 0.25) is 0 Å². The van der Waals surface area contributed by atoms with Crippen LogP contribution in [0.5, 0.6) is 0 Å². The third-order valence-corrected chi connectivity index (χ3v) is 14.5. The molecule has 1 spiro atoms. The van der Waals surface area contributed by atoms with E-state index in [0.717, 1.165) is 6.29 Å². The third-order valence-electron chi connectivity index (χ3n) is 9.49. The number of aldehydes is 1. The summed E-state index contributed by atoms with van der Waals surface area (Å²) in [5.41, 5.74) is -0.766. The molecule has 2 aliphatic rings. The highest BCUT2D eigenvalue weighted by Gasteiger charge is 2.67. The molecule has 220 valence electrons. The van der Waals surface area contributed by atoms with E-state index >= 15 is 0 Å². The van der Waals surface area contributed by atoms with Crippen molar-refractivity contribution in [3.05, 3.63) is 60.7 Å². The van der Waals surface area contributed by atoms with E-state index in [1.807, 2.05) is 32.9 Å². The predicted octanol–water partition coefficient (Wildman–Crippen LogP) is 4.85. The number of aliphatic hydroxyl groups is 1. The monoisotopic (exact) mass is 568 g/mol. The van der Waals surface area contributed by atoms with E-state index in [0.29, 0.717) is 12.8 Å². The first-order chi connectivity index (χ1) is 18.9. The normalized spacial score (nSPS) is 31.3. The van der Waals surface area contributed by atoms with Gasteiger partial charge >= 0.3 is 0 Å². The van der Waals surface area contributed by atoms with Gasteiger partial charge in [0.05, 0.1) is 24.4 Å². The van der Waals surface area contributed by atoms with E-state index in [9.17, 15) is 9.90 Å². The maximum atomic E-state index is 11.9. The van der Waals surface area contributed by atoms with Crippen molar-refractivity contribution in [1.29, 1.82) is 0 Å². The van der Waals surface area contributed by atoms with Crippen LogP contribution in [0.1, 0.15) is 67.7 Å². The lowest BCUT2D eigenvalue weighted by atomic mass is 9.72. The smallest absolute Gasteiger partial charge is 0.261 e. The number of rotatable bonds is 9. The zero-order valence-corrected chi connectivity index (χ0v) is 26.4. The van der Waals surface area contributed by atoms with Crippen LogP contribution in [0.25, 0.3) is 0 Å². The van der Waals surface area contributed by atoms with Crippen LogP contribution in [0, 0.1) is 11.3 Å². The van der Waals surface area contributed by atoms with Crippen LogP contribution in [0.15, 0.2) is 60.7 Å². The summed E-state index contributed by atoms with van der Waals surface area (Å²) in [7, 11) is -1.25. The number of carbonyl (C=O) groups is 1. The summed E-state index contributed by atoms with van der Waals surface area (Å²) >= 11 is 0. The van der Waals surface area contributed by atoms with Gasteiger partial charge in [-0.05, 0) is 21.8 Å². The minimum Gasteiger partial charge on any atom is -0.404 e. The molecule has 0 bridgehead atoms. The largest absolute Gasteiger partial charge is 0.404 e. The van der Waals surface area contributed by atoms with Crippen molar-refractivity contribution >= 4 is 25.0 Å². The van der Waals surface area contributed by atoms with Crippen LogP contribution in [-0.4, -0.2) is 63.1 Å². The number of hydrogen-bond donors (Lipinski definition) is 1. The Morgan fingerprint density at radius 1 is 1.05 bits per heavy atom. The zero-order valence-electron chi connectivity index (χ0n) is 25.4. The lowest BCUT2D eigenvalue weighted by molar-refractivity contribution is -0.332. The minimum atomic E-state index is -2.90. The molecule has 0 radical (unpaired) electrons. The average Bonchev–Trinajstić information content (AvgIpc) is 3.11. The van der Waals surface area contributed by atoms with Crippen molar-refractivity contribution in [2.75, 3.05) is 7.11 Å². The highest BCUT2D eigenvalue weighted by atomic mass is 28.4. The Kier molecular flexibility index (Phi) is 9.15. The van der Waals surface area contributed by atoms with Crippen LogP contribution < -0.4 is 10.4 Å². The van der Waals surface area contributed by atoms with E-state index in [4.69, 9.17) is 18.6 Å². The van der Waals surface area contributed by atoms with E-state index in [-0.39, 0.29) is 29.6 Å². The van der Waals surface area contributed by atoms with Crippen LogP contribution >= 0.6 is 0 Å². The summed E-state index contributed by atoms with van der Waals surface area (Å²) in [6, 6.07) is 21.2. The van der Waals surface area contributed by atoms with Crippen molar-refractivity contribution in [3.8, 4) is 0 Å². The van der Waals surface area contributed by atoms with Crippen LogP contribution in [-0.2, 0) is 23.4 Å². The van der Waals surface area contributed by atoms with Crippen molar-refractivity contribution in [2.24, 2.45) is 11.3 Å². The van der Waals surface area contributed by atoms with Gasteiger partial charge in [0.15, 0.2) is 5.79 Å². The number of methoxy groups -OCH3 is 1. The van der Waals surface area contributed by atoms with Gasteiger partial charge in [0, 0.05) is 31.3 Å². The number of benzene rings is 2. The fourth-order valence-electron chi connectivity index (χ4n) is 6.89. The molecule has 0 unspecified atom stereocenters. The van der Waals surface area contributed by atoms with Gasteiger partial charge in [0.25, 0.3) is 8.32 Å². The van der Waals surface area contributed by atoms with Gasteiger partial charge in [-0.25, -0.2) is 0 Å². The Labute approximate surface area is 241 Å². The highest BCUT2D eigenvalue weighted by Crippen LogP contribution is 2.55. The molecule has 0 saturated carbocycles. The summed E-state index contributed by atoms with van der Waals surface area (Å²) in [5.74, 6) is -1.21. The zero-order chi connectivity index (χ0) is 29.3. The van der Waals surface area contributed by atoms with Gasteiger partial charge in [-0.3, -0.25) is 0 Å². The SMILES string of the molecule is CC[C@@H](OC)[C@@H]1O[C@@]2(C[C@H](O[Si](c3ccccc3)(c3ccccc3)C(C)(C)C)[C@@H](C)[C@@H](CC=O)O2)C(C)(C)[C@@H]1O. The molecule has 40 heavy (non-hydrogen) atoms. The van der Waals surface area contributed by atoms with Crippen molar-refractivity contribution in [2.45, 2.75) is 109 Å². The molecule has 0 amide bonds. The van der Waals surface area contributed by atoms with E-state index < -0.39 is 37.8 Å². The van der Waals surface area contributed by atoms with Gasteiger partial charge in [-0.1, -0.05) is 109 Å². The summed E-state index contributed by atoms with van der Waals surface area (Å²) in [4.78, 5) is 11.9. The summed E-state index contributed by atoms with van der Waals surface area (Å²) in [5, 5.41) is 13.8. The van der Waals surface area contributed by atoms with Crippen LogP contribution in [0.2, 0.25) is 5.04 Å². The molecule has 2 saturated heterocycles. The standard InChI is InChI=1S/C33H48O6Si/c1-9-26(36-8)29-30(35)32(6,7)33(38-29)22-28(23(2)27(37-33)20-21-34)39-40(31(3,4)5,24-16-12-10-13-17-24)25-18-14-11-15-19-25/h10-19,21,23,26-30,35H,9,20,22H2,1-8H3/t23-,26+,27+,28-,29-,30+,33-/m0/s1. The quantitative estimate of drug-likeness (QED) is 0.344. The highest BCUT2D eigenvalue weighted by molar-refractivity contribution is 6.99. The first-order valence-electron chi connectivity index (χ1n) is 14.7. The number of hydrogen-bond acceptors (Lipinski definition) is 6. The molecular weight excluding hydrogens is 520 g/mol. The third kappa shape index (κ3) is 5.14. The molecule has 2 aromatic carbocycles. The van der Waals surface area contributed by atoms with Crippen molar-refractivity contribution < 1.29 is 28.5 Å². The van der Waals surface area contributed by atoms with Crippen molar-refractivity contribution in [3.63, 3.8) is 0 Å². The lowest BCUT2D eigenvalue weighted by Gasteiger charge is -2.54. The second-order valence-corrected chi connectivity index (χ2v) is 17.4. The molecule has 0 aromatic heterocycles. The molecule has 1 N–H and O–H groups in total. The molecule has 4 rings (SSSR count). The Hall–Kier alpha value is -1.87. The molecule has 2 aromatic rings. The van der Waals surface area contributed by atoms with Crippen LogP contribution in [0.4, 0.5) is 0 Å². The Morgan fingerprint density at radius 2 is 1.60 bits per heavy atom. The molecule has 7 atom stereocenters. The van der Waals surface area contributed by atoms with E-state index in [2.05, 4.69) is 76.2 Å². The predicted molar refractivity (Wildman–Crippen MR) is 160 cm³/mol. The molecule has 2 heterocycles. The number of aliphatic hydroxyl groups excluding tert-OH is 1. The first kappa shape index (κ1) is 31.1. The Morgan fingerprint density at radius 3 is 2.05 bits per heavy atom. The molecule has 2 aliphatic heterocycles. The van der Waals surface area contributed by atoms with Gasteiger partial charge in [0.1, 0.15) is 12.4 Å². The number of carbonyl (C=O) groups excluding carboxylic acids is 1. The summed E-state index contributed by atoms with van der Waals surface area (Å²) < 4.78 is 26.8. The fourth-order valence-corrected chi connectivity index (χ4v) is 11.7. The second kappa shape index (κ2) is 11.8. The summed E-state index contributed by atoms with van der Waals surface area (Å²) in [6.07, 6.45) is -0.0576. The lowest BCUT2D eigenvalue weighted by Crippen LogP contribution is -2.70. The van der Waals surface area contributed by atoms with Gasteiger partial charge in [-0.2, -0.15) is 0 Å².